The molecule has 210 valence electrons. The molecule has 0 aliphatic rings. The number of allylic oxidation sites excluding steroid dienone is 2. The molecule has 3 rings (SSSR count). The van der Waals surface area contributed by atoms with Crippen LogP contribution in [-0.4, -0.2) is 34.1 Å². The summed E-state index contributed by atoms with van der Waals surface area (Å²) >= 11 is 0. The number of ketones is 2. The number of aliphatic hydroxyl groups is 2. The van der Waals surface area contributed by atoms with Crippen molar-refractivity contribution >= 4 is 23.1 Å². The number of benzene rings is 3. The zero-order valence-corrected chi connectivity index (χ0v) is 20.3. The lowest BCUT2D eigenvalue weighted by molar-refractivity contribution is -0.165. The maximum absolute atomic E-state index is 12.3. The van der Waals surface area contributed by atoms with E-state index in [1.54, 1.807) is 24.3 Å². The summed E-state index contributed by atoms with van der Waals surface area (Å²) in [7, 11) is 0. The number of rotatable bonds is 10. The van der Waals surface area contributed by atoms with Crippen molar-refractivity contribution in [1.29, 1.82) is 0 Å². The number of carbonyl (C=O) groups is 2. The minimum atomic E-state index is -5.08. The molecule has 0 saturated heterocycles. The number of halogens is 6. The van der Waals surface area contributed by atoms with Gasteiger partial charge in [-0.05, 0) is 59.7 Å². The first-order chi connectivity index (χ1) is 18.7. The first kappa shape index (κ1) is 29.8. The van der Waals surface area contributed by atoms with E-state index in [9.17, 15) is 46.1 Å². The molecule has 0 saturated carbocycles. The number of ether oxygens (including phenoxy) is 2. The standard InChI is InChI=1S/C28H20F6O6/c29-27(30,31)25(37)13-23(35)19-5-9-21(10-6-19)39-15-17-1-2-18(4-3-17)16-40-22-11-7-20(8-12-22)24(36)14-26(38)28(32,33)34/h1-14,35-36H,15-16H2/b23-13-,24-14+. The summed E-state index contributed by atoms with van der Waals surface area (Å²) in [6, 6.07) is 18.0. The molecular weight excluding hydrogens is 546 g/mol. The highest BCUT2D eigenvalue weighted by atomic mass is 19.4. The average Bonchev–Trinajstić information content (AvgIpc) is 2.90. The Bertz CT molecular complexity index is 1280. The highest BCUT2D eigenvalue weighted by molar-refractivity contribution is 5.99. The molecule has 0 aliphatic heterocycles. The zero-order chi connectivity index (χ0) is 29.5. The normalized spacial score (nSPS) is 12.7. The number of aliphatic hydroxyl groups excluding tert-OH is 2. The SMILES string of the molecule is O=C(/C=C(\O)c1ccc(OCc2ccc(COc3ccc(/C(O)=C\C(=O)C(F)(F)F)cc3)cc2)cc1)C(F)(F)F. The molecule has 0 unspecified atom stereocenters. The van der Waals surface area contributed by atoms with E-state index in [1.165, 1.54) is 48.5 Å². The van der Waals surface area contributed by atoms with Gasteiger partial charge in [0.1, 0.15) is 36.2 Å². The summed E-state index contributed by atoms with van der Waals surface area (Å²) in [5.74, 6) is -5.25. The van der Waals surface area contributed by atoms with Crippen LogP contribution in [0.25, 0.3) is 11.5 Å². The maximum atomic E-state index is 12.3. The molecule has 0 heterocycles. The van der Waals surface area contributed by atoms with Crippen LogP contribution in [0.2, 0.25) is 0 Å². The van der Waals surface area contributed by atoms with Crippen LogP contribution in [0.4, 0.5) is 26.3 Å². The van der Waals surface area contributed by atoms with Gasteiger partial charge in [-0.3, -0.25) is 9.59 Å². The Morgan fingerprint density at radius 1 is 0.575 bits per heavy atom. The van der Waals surface area contributed by atoms with Gasteiger partial charge in [0.2, 0.25) is 0 Å². The number of carbonyl (C=O) groups excluding carboxylic acids is 2. The van der Waals surface area contributed by atoms with E-state index in [1.807, 2.05) is 0 Å². The third-order valence-corrected chi connectivity index (χ3v) is 5.23. The quantitative estimate of drug-likeness (QED) is 0.158. The molecule has 0 radical (unpaired) electrons. The molecule has 0 amide bonds. The van der Waals surface area contributed by atoms with E-state index < -0.39 is 35.4 Å². The van der Waals surface area contributed by atoms with Crippen molar-refractivity contribution < 1.29 is 55.6 Å². The molecule has 0 fully saturated rings. The monoisotopic (exact) mass is 566 g/mol. The molecule has 2 N–H and O–H groups in total. The first-order valence-electron chi connectivity index (χ1n) is 11.3. The van der Waals surface area contributed by atoms with Crippen molar-refractivity contribution in [3.05, 3.63) is 107 Å². The van der Waals surface area contributed by atoms with Crippen LogP contribution in [0.3, 0.4) is 0 Å². The van der Waals surface area contributed by atoms with E-state index in [0.29, 0.717) is 11.5 Å². The van der Waals surface area contributed by atoms with Gasteiger partial charge in [-0.15, -0.1) is 0 Å². The Hall–Kier alpha value is -4.74. The molecular formula is C28H20F6O6. The highest BCUT2D eigenvalue weighted by Gasteiger charge is 2.37. The zero-order valence-electron chi connectivity index (χ0n) is 20.3. The Kier molecular flexibility index (Phi) is 9.25. The molecule has 6 nitrogen and oxygen atoms in total. The summed E-state index contributed by atoms with van der Waals surface area (Å²) in [5, 5.41) is 19.4. The van der Waals surface area contributed by atoms with E-state index in [2.05, 4.69) is 0 Å². The van der Waals surface area contributed by atoms with Crippen LogP contribution in [0, 0.1) is 0 Å². The highest BCUT2D eigenvalue weighted by Crippen LogP contribution is 2.23. The Morgan fingerprint density at radius 2 is 0.875 bits per heavy atom. The van der Waals surface area contributed by atoms with Gasteiger partial charge in [-0.25, -0.2) is 0 Å². The van der Waals surface area contributed by atoms with Gasteiger partial charge in [0.15, 0.2) is 0 Å². The molecule has 0 atom stereocenters. The predicted molar refractivity (Wildman–Crippen MR) is 131 cm³/mol. The van der Waals surface area contributed by atoms with Gasteiger partial charge in [-0.1, -0.05) is 24.3 Å². The van der Waals surface area contributed by atoms with E-state index in [-0.39, 0.29) is 36.5 Å². The Morgan fingerprint density at radius 3 is 1.15 bits per heavy atom. The number of hydrogen-bond acceptors (Lipinski definition) is 6. The summed E-state index contributed by atoms with van der Waals surface area (Å²) in [6.45, 7) is 0.314. The molecule has 3 aromatic rings. The summed E-state index contributed by atoms with van der Waals surface area (Å²) < 4.78 is 85.1. The summed E-state index contributed by atoms with van der Waals surface area (Å²) in [5.41, 5.74) is 1.58. The summed E-state index contributed by atoms with van der Waals surface area (Å²) in [4.78, 5) is 21.9. The van der Waals surface area contributed by atoms with Crippen LogP contribution in [0.15, 0.2) is 84.9 Å². The van der Waals surface area contributed by atoms with Gasteiger partial charge in [0, 0.05) is 23.3 Å². The molecule has 3 aromatic carbocycles. The summed E-state index contributed by atoms with van der Waals surface area (Å²) in [6.07, 6.45) is -9.96. The lowest BCUT2D eigenvalue weighted by Crippen LogP contribution is -2.20. The van der Waals surface area contributed by atoms with Crippen LogP contribution in [0.5, 0.6) is 11.5 Å². The van der Waals surface area contributed by atoms with Gasteiger partial charge >= 0.3 is 12.4 Å². The smallest absolute Gasteiger partial charge is 0.454 e. The van der Waals surface area contributed by atoms with Crippen molar-refractivity contribution in [2.75, 3.05) is 0 Å². The second-order valence-electron chi connectivity index (χ2n) is 8.23. The second kappa shape index (κ2) is 12.4. The molecule has 0 aliphatic carbocycles. The van der Waals surface area contributed by atoms with E-state index >= 15 is 0 Å². The lowest BCUT2D eigenvalue weighted by atomic mass is 10.1. The maximum Gasteiger partial charge on any atom is 0.454 e. The number of alkyl halides is 6. The number of hydrogen-bond donors (Lipinski definition) is 2. The minimum absolute atomic E-state index is 0.00811. The fourth-order valence-electron chi connectivity index (χ4n) is 3.09. The molecule has 40 heavy (non-hydrogen) atoms. The second-order valence-corrected chi connectivity index (χ2v) is 8.23. The van der Waals surface area contributed by atoms with Crippen molar-refractivity contribution in [2.24, 2.45) is 0 Å². The first-order valence-corrected chi connectivity index (χ1v) is 11.3. The van der Waals surface area contributed by atoms with Crippen molar-refractivity contribution in [3.63, 3.8) is 0 Å². The van der Waals surface area contributed by atoms with Crippen LogP contribution in [-0.2, 0) is 22.8 Å². The van der Waals surface area contributed by atoms with Crippen LogP contribution < -0.4 is 9.47 Å². The van der Waals surface area contributed by atoms with Gasteiger partial charge in [0.25, 0.3) is 11.6 Å². The largest absolute Gasteiger partial charge is 0.507 e. The molecule has 0 aromatic heterocycles. The van der Waals surface area contributed by atoms with Crippen LogP contribution >= 0.6 is 0 Å². The van der Waals surface area contributed by atoms with Crippen LogP contribution in [0.1, 0.15) is 22.3 Å². The fraction of sp³-hybridized carbons (Fsp3) is 0.143. The third-order valence-electron chi connectivity index (χ3n) is 5.23. The average molecular weight is 566 g/mol. The topological polar surface area (TPSA) is 93.1 Å². The Labute approximate surface area is 223 Å². The fourth-order valence-corrected chi connectivity index (χ4v) is 3.09. The van der Waals surface area contributed by atoms with Crippen molar-refractivity contribution in [1.82, 2.24) is 0 Å². The van der Waals surface area contributed by atoms with Gasteiger partial charge < -0.3 is 19.7 Å². The van der Waals surface area contributed by atoms with Crippen molar-refractivity contribution in [2.45, 2.75) is 25.6 Å². The van der Waals surface area contributed by atoms with Gasteiger partial charge in [-0.2, -0.15) is 26.3 Å². The molecule has 12 heteroatoms. The third kappa shape index (κ3) is 8.65. The van der Waals surface area contributed by atoms with E-state index in [0.717, 1.165) is 11.1 Å². The predicted octanol–water partition coefficient (Wildman–Crippen LogP) is 6.91. The van der Waals surface area contributed by atoms with Gasteiger partial charge in [0.05, 0.1) is 0 Å². The minimum Gasteiger partial charge on any atom is -0.507 e. The van der Waals surface area contributed by atoms with Crippen molar-refractivity contribution in [3.8, 4) is 11.5 Å². The molecule has 0 bridgehead atoms. The molecule has 0 spiro atoms. The Balaban J connectivity index is 1.50. The lowest BCUT2D eigenvalue weighted by Gasteiger charge is -2.10. The van der Waals surface area contributed by atoms with E-state index in [4.69, 9.17) is 9.47 Å².